The Kier molecular flexibility index (Phi) is 3.38. The van der Waals surface area contributed by atoms with Crippen molar-refractivity contribution >= 4 is 17.6 Å². The minimum absolute atomic E-state index is 0.217. The number of nitrogens with one attached hydrogen (secondary N) is 1. The summed E-state index contributed by atoms with van der Waals surface area (Å²) >= 11 is 0. The largest absolute Gasteiger partial charge is 0.494 e. The molecule has 0 saturated carbocycles. The Morgan fingerprint density at radius 3 is 2.56 bits per heavy atom. The maximum Gasteiger partial charge on any atom is 0.274 e. The minimum Gasteiger partial charge on any atom is -0.494 e. The molecule has 3 N–H and O–H groups in total. The number of amides is 2. The summed E-state index contributed by atoms with van der Waals surface area (Å²) in [4.78, 5) is 26.5. The number of ether oxygens (including phenoxy) is 1. The van der Waals surface area contributed by atoms with E-state index in [2.05, 4.69) is 10.3 Å². The van der Waals surface area contributed by atoms with Gasteiger partial charge in [0.2, 0.25) is 0 Å². The second-order valence-electron chi connectivity index (χ2n) is 3.72. The van der Waals surface area contributed by atoms with Crippen LogP contribution >= 0.6 is 0 Å². The van der Waals surface area contributed by atoms with Gasteiger partial charge in [0.05, 0.1) is 6.61 Å². The molecule has 0 aromatic heterocycles. The second kappa shape index (κ2) is 4.97. The van der Waals surface area contributed by atoms with E-state index < -0.39 is 17.9 Å². The molecule has 94 valence electrons. The number of hydrogen-bond donors (Lipinski definition) is 2. The third-order valence-corrected chi connectivity index (χ3v) is 2.45. The number of nitrogens with zero attached hydrogens (tertiary/aromatic N) is 1. The number of amidine groups is 1. The summed E-state index contributed by atoms with van der Waals surface area (Å²) < 4.78 is 5.29. The molecule has 0 saturated heterocycles. The molecule has 2 amide bonds. The van der Waals surface area contributed by atoms with Crippen LogP contribution in [0.5, 0.6) is 5.75 Å². The van der Waals surface area contributed by atoms with Crippen molar-refractivity contribution in [1.29, 1.82) is 0 Å². The molecule has 1 aromatic carbocycles. The number of nitrogens with two attached hydrogens (primary N) is 1. The summed E-state index contributed by atoms with van der Waals surface area (Å²) in [7, 11) is 0. The lowest BCUT2D eigenvalue weighted by atomic mass is 10.1. The number of hydrogen-bond acceptors (Lipinski definition) is 4. The molecule has 1 aliphatic heterocycles. The quantitative estimate of drug-likeness (QED) is 0.724. The van der Waals surface area contributed by atoms with Crippen molar-refractivity contribution in [2.24, 2.45) is 10.7 Å². The molecule has 6 nitrogen and oxygen atoms in total. The first-order valence-electron chi connectivity index (χ1n) is 5.54. The molecule has 0 bridgehead atoms. The van der Waals surface area contributed by atoms with Crippen LogP contribution in [0.4, 0.5) is 0 Å². The van der Waals surface area contributed by atoms with Crippen LogP contribution in [0.15, 0.2) is 29.3 Å². The number of rotatable bonds is 3. The lowest BCUT2D eigenvalue weighted by Gasteiger charge is -2.17. The van der Waals surface area contributed by atoms with E-state index in [0.717, 1.165) is 0 Å². The van der Waals surface area contributed by atoms with Crippen molar-refractivity contribution < 1.29 is 14.3 Å². The molecule has 0 radical (unpaired) electrons. The van der Waals surface area contributed by atoms with Gasteiger partial charge >= 0.3 is 0 Å². The van der Waals surface area contributed by atoms with E-state index in [1.54, 1.807) is 24.3 Å². The van der Waals surface area contributed by atoms with E-state index in [0.29, 0.717) is 17.9 Å². The number of benzene rings is 1. The highest BCUT2D eigenvalue weighted by molar-refractivity contribution is 6.22. The molecule has 1 aliphatic rings. The normalized spacial score (nSPS) is 19.2. The molecule has 0 spiro atoms. The Hall–Kier alpha value is -2.21. The van der Waals surface area contributed by atoms with Crippen molar-refractivity contribution in [3.8, 4) is 5.75 Å². The van der Waals surface area contributed by atoms with Crippen molar-refractivity contribution in [3.05, 3.63) is 29.8 Å². The molecule has 1 aromatic rings. The van der Waals surface area contributed by atoms with Crippen LogP contribution < -0.4 is 15.8 Å². The van der Waals surface area contributed by atoms with Crippen LogP contribution in [0.25, 0.3) is 0 Å². The Labute approximate surface area is 104 Å². The van der Waals surface area contributed by atoms with Gasteiger partial charge in [-0.2, -0.15) is 4.99 Å². The minimum atomic E-state index is -1.21. The fourth-order valence-electron chi connectivity index (χ4n) is 1.53. The Balaban J connectivity index is 2.24. The standard InChI is InChI=1S/C12H13N3O3/c1-2-18-8-5-3-7(4-6-8)10-14-11(16)9(13)12(17)15-10/h3-6,9H,2,13H2,1H3,(H,14,15,16,17). The van der Waals surface area contributed by atoms with Crippen LogP contribution in [0.2, 0.25) is 0 Å². The molecule has 1 heterocycles. The first-order valence-corrected chi connectivity index (χ1v) is 5.54. The van der Waals surface area contributed by atoms with Crippen LogP contribution in [-0.2, 0) is 9.59 Å². The van der Waals surface area contributed by atoms with Crippen LogP contribution in [0.1, 0.15) is 12.5 Å². The van der Waals surface area contributed by atoms with Crippen LogP contribution in [0, 0.1) is 0 Å². The average Bonchev–Trinajstić information content (AvgIpc) is 2.37. The number of carbonyl (C=O) groups is 2. The SMILES string of the molecule is CCOc1ccc(C2=NC(=O)C(N)C(=O)N2)cc1. The van der Waals surface area contributed by atoms with Gasteiger partial charge in [-0.3, -0.25) is 9.59 Å². The third kappa shape index (κ3) is 2.38. The summed E-state index contributed by atoms with van der Waals surface area (Å²) in [5.41, 5.74) is 5.97. The summed E-state index contributed by atoms with van der Waals surface area (Å²) in [5.74, 6) is -0.247. The molecule has 6 heteroatoms. The number of carbonyl (C=O) groups excluding carboxylic acids is 2. The molecule has 1 atom stereocenters. The predicted molar refractivity (Wildman–Crippen MR) is 65.3 cm³/mol. The predicted octanol–water partition coefficient (Wildman–Crippen LogP) is -0.184. The van der Waals surface area contributed by atoms with E-state index >= 15 is 0 Å². The van der Waals surface area contributed by atoms with Gasteiger partial charge in [-0.1, -0.05) is 0 Å². The summed E-state index contributed by atoms with van der Waals surface area (Å²) in [6.07, 6.45) is 0. The fourth-order valence-corrected chi connectivity index (χ4v) is 1.53. The Morgan fingerprint density at radius 2 is 2.00 bits per heavy atom. The van der Waals surface area contributed by atoms with Crippen molar-refractivity contribution in [2.45, 2.75) is 13.0 Å². The highest BCUT2D eigenvalue weighted by Gasteiger charge is 2.28. The maximum atomic E-state index is 11.4. The number of aliphatic imine (C=N–C) groups is 1. The van der Waals surface area contributed by atoms with E-state index in [9.17, 15) is 9.59 Å². The summed E-state index contributed by atoms with van der Waals surface area (Å²) in [6.45, 7) is 2.46. The monoisotopic (exact) mass is 247 g/mol. The first kappa shape index (κ1) is 12.3. The highest BCUT2D eigenvalue weighted by Crippen LogP contribution is 2.13. The zero-order chi connectivity index (χ0) is 13.1. The van der Waals surface area contributed by atoms with E-state index in [1.807, 2.05) is 6.92 Å². The second-order valence-corrected chi connectivity index (χ2v) is 3.72. The molecular weight excluding hydrogens is 234 g/mol. The third-order valence-electron chi connectivity index (χ3n) is 2.45. The molecular formula is C12H13N3O3. The van der Waals surface area contributed by atoms with E-state index in [1.165, 1.54) is 0 Å². The smallest absolute Gasteiger partial charge is 0.274 e. The van der Waals surface area contributed by atoms with Crippen LogP contribution in [-0.4, -0.2) is 30.3 Å². The fraction of sp³-hybridized carbons (Fsp3) is 0.250. The highest BCUT2D eigenvalue weighted by atomic mass is 16.5. The maximum absolute atomic E-state index is 11.4. The van der Waals surface area contributed by atoms with Gasteiger partial charge in [0.25, 0.3) is 11.8 Å². The molecule has 18 heavy (non-hydrogen) atoms. The average molecular weight is 247 g/mol. The van der Waals surface area contributed by atoms with Gasteiger partial charge in [-0.15, -0.1) is 0 Å². The first-order chi connectivity index (χ1) is 8.61. The topological polar surface area (TPSA) is 93.8 Å². The van der Waals surface area contributed by atoms with Crippen molar-refractivity contribution in [1.82, 2.24) is 5.32 Å². The lowest BCUT2D eigenvalue weighted by molar-refractivity contribution is -0.129. The van der Waals surface area contributed by atoms with Gasteiger partial charge in [0.15, 0.2) is 6.04 Å². The molecule has 2 rings (SSSR count). The van der Waals surface area contributed by atoms with Gasteiger partial charge in [-0.25, -0.2) is 0 Å². The summed E-state index contributed by atoms with van der Waals surface area (Å²) in [6, 6.07) is 5.71. The zero-order valence-corrected chi connectivity index (χ0v) is 9.84. The Bertz CT molecular complexity index is 508. The van der Waals surface area contributed by atoms with E-state index in [4.69, 9.17) is 10.5 Å². The van der Waals surface area contributed by atoms with Gasteiger partial charge in [-0.05, 0) is 31.2 Å². The summed E-state index contributed by atoms with van der Waals surface area (Å²) in [5, 5.41) is 2.49. The molecule has 0 aliphatic carbocycles. The van der Waals surface area contributed by atoms with Crippen LogP contribution in [0.3, 0.4) is 0 Å². The molecule has 1 unspecified atom stereocenters. The van der Waals surface area contributed by atoms with Crippen molar-refractivity contribution in [2.75, 3.05) is 6.61 Å². The Morgan fingerprint density at radius 1 is 1.33 bits per heavy atom. The van der Waals surface area contributed by atoms with Gasteiger partial charge in [0, 0.05) is 5.56 Å². The molecule has 0 fully saturated rings. The van der Waals surface area contributed by atoms with Gasteiger partial charge in [0.1, 0.15) is 11.6 Å². The lowest BCUT2D eigenvalue weighted by Crippen LogP contribution is -2.52. The van der Waals surface area contributed by atoms with Gasteiger partial charge < -0.3 is 15.8 Å². The zero-order valence-electron chi connectivity index (χ0n) is 9.84. The van der Waals surface area contributed by atoms with E-state index in [-0.39, 0.29) is 5.84 Å². The van der Waals surface area contributed by atoms with Crippen molar-refractivity contribution in [3.63, 3.8) is 0 Å².